The standard InChI is InChI=1S/C51H32N4S/c1-3-13-34(14-4-1)39-29-28-38(31-46(39)55-44-20-10-7-17-40(44)41-18-8-11-21-45(41)55)51-53-49(35-15-5-2-6-16-35)52-50(54-51)36-25-23-33(24-26-36)37-27-30-43-42-19-9-12-22-47(42)56-48(43)32-37/h1-32H. The van der Waals surface area contributed by atoms with Gasteiger partial charge in [-0.3, -0.25) is 0 Å². The molecule has 11 rings (SSSR count). The largest absolute Gasteiger partial charge is 0.309 e. The van der Waals surface area contributed by atoms with Crippen molar-refractivity contribution in [3.63, 3.8) is 0 Å². The first-order valence-corrected chi connectivity index (χ1v) is 19.6. The molecule has 3 aromatic heterocycles. The number of hydrogen-bond acceptors (Lipinski definition) is 4. The van der Waals surface area contributed by atoms with Gasteiger partial charge in [-0.05, 0) is 47.0 Å². The molecule has 0 saturated carbocycles. The first-order chi connectivity index (χ1) is 27.7. The van der Waals surface area contributed by atoms with Gasteiger partial charge in [0, 0.05) is 53.2 Å². The first kappa shape index (κ1) is 32.2. The van der Waals surface area contributed by atoms with E-state index < -0.39 is 0 Å². The highest BCUT2D eigenvalue weighted by Gasteiger charge is 2.19. The summed E-state index contributed by atoms with van der Waals surface area (Å²) in [4.78, 5) is 15.4. The molecule has 5 heteroatoms. The van der Waals surface area contributed by atoms with E-state index in [2.05, 4.69) is 180 Å². The van der Waals surface area contributed by atoms with Crippen molar-refractivity contribution in [2.45, 2.75) is 0 Å². The molecule has 0 radical (unpaired) electrons. The van der Waals surface area contributed by atoms with Crippen molar-refractivity contribution in [3.05, 3.63) is 194 Å². The van der Waals surface area contributed by atoms with Gasteiger partial charge >= 0.3 is 0 Å². The maximum atomic E-state index is 5.19. The van der Waals surface area contributed by atoms with Crippen LogP contribution in [0.1, 0.15) is 0 Å². The highest BCUT2D eigenvalue weighted by atomic mass is 32.1. The second kappa shape index (κ2) is 13.3. The molecule has 11 aromatic rings. The van der Waals surface area contributed by atoms with Gasteiger partial charge in [-0.15, -0.1) is 11.3 Å². The van der Waals surface area contributed by atoms with Crippen LogP contribution in [0.3, 0.4) is 0 Å². The third-order valence-corrected chi connectivity index (χ3v) is 11.8. The average Bonchev–Trinajstić information content (AvgIpc) is 3.82. The number of fused-ring (bicyclic) bond motifs is 6. The average molecular weight is 733 g/mol. The maximum Gasteiger partial charge on any atom is 0.164 e. The van der Waals surface area contributed by atoms with Crippen LogP contribution in [0.2, 0.25) is 0 Å². The lowest BCUT2D eigenvalue weighted by Crippen LogP contribution is -2.02. The Labute approximate surface area is 327 Å². The highest BCUT2D eigenvalue weighted by Crippen LogP contribution is 2.39. The third-order valence-electron chi connectivity index (χ3n) is 10.7. The zero-order chi connectivity index (χ0) is 37.0. The summed E-state index contributed by atoms with van der Waals surface area (Å²) in [7, 11) is 0. The molecule has 8 aromatic carbocycles. The molecule has 0 fully saturated rings. The number of benzene rings is 8. The van der Waals surface area contributed by atoms with Crippen LogP contribution < -0.4 is 0 Å². The molecule has 0 aliphatic carbocycles. The molecule has 0 amide bonds. The van der Waals surface area contributed by atoms with E-state index in [1.807, 2.05) is 29.5 Å². The van der Waals surface area contributed by atoms with E-state index in [1.54, 1.807) is 0 Å². The molecule has 56 heavy (non-hydrogen) atoms. The number of aromatic nitrogens is 4. The molecule has 0 aliphatic heterocycles. The summed E-state index contributed by atoms with van der Waals surface area (Å²) in [5, 5.41) is 5.04. The van der Waals surface area contributed by atoms with Crippen molar-refractivity contribution in [1.29, 1.82) is 0 Å². The van der Waals surface area contributed by atoms with E-state index in [0.717, 1.165) is 50.1 Å². The van der Waals surface area contributed by atoms with Crippen LogP contribution >= 0.6 is 11.3 Å². The van der Waals surface area contributed by atoms with Crippen LogP contribution in [-0.2, 0) is 0 Å². The second-order valence-electron chi connectivity index (χ2n) is 14.0. The van der Waals surface area contributed by atoms with Crippen molar-refractivity contribution >= 4 is 53.3 Å². The van der Waals surface area contributed by atoms with Crippen LogP contribution in [0, 0.1) is 0 Å². The van der Waals surface area contributed by atoms with Crippen molar-refractivity contribution in [2.75, 3.05) is 0 Å². The molecule has 0 atom stereocenters. The molecule has 262 valence electrons. The van der Waals surface area contributed by atoms with Crippen molar-refractivity contribution in [2.24, 2.45) is 0 Å². The predicted molar refractivity (Wildman–Crippen MR) is 234 cm³/mol. The number of hydrogen-bond donors (Lipinski definition) is 0. The molecule has 0 unspecified atom stereocenters. The summed E-state index contributed by atoms with van der Waals surface area (Å²) in [6, 6.07) is 68.6. The number of nitrogens with zero attached hydrogens (tertiary/aromatic N) is 4. The molecular formula is C51H32N4S. The minimum absolute atomic E-state index is 0.620. The van der Waals surface area contributed by atoms with E-state index in [1.165, 1.54) is 36.5 Å². The summed E-state index contributed by atoms with van der Waals surface area (Å²) < 4.78 is 4.98. The molecule has 0 spiro atoms. The monoisotopic (exact) mass is 732 g/mol. The van der Waals surface area contributed by atoms with Crippen LogP contribution in [0.15, 0.2) is 194 Å². The van der Waals surface area contributed by atoms with E-state index in [4.69, 9.17) is 15.0 Å². The van der Waals surface area contributed by atoms with Gasteiger partial charge in [-0.25, -0.2) is 15.0 Å². The lowest BCUT2D eigenvalue weighted by Gasteiger charge is -2.16. The smallest absolute Gasteiger partial charge is 0.164 e. The number of para-hydroxylation sites is 2. The second-order valence-corrected chi connectivity index (χ2v) is 15.1. The summed E-state index contributed by atoms with van der Waals surface area (Å²) >= 11 is 1.84. The lowest BCUT2D eigenvalue weighted by molar-refractivity contribution is 1.07. The van der Waals surface area contributed by atoms with Gasteiger partial charge in [0.2, 0.25) is 0 Å². The molecule has 4 nitrogen and oxygen atoms in total. The van der Waals surface area contributed by atoms with Gasteiger partial charge < -0.3 is 4.57 Å². The minimum atomic E-state index is 0.620. The molecular weight excluding hydrogens is 701 g/mol. The Balaban J connectivity index is 1.06. The zero-order valence-corrected chi connectivity index (χ0v) is 31.0. The highest BCUT2D eigenvalue weighted by molar-refractivity contribution is 7.25. The van der Waals surface area contributed by atoms with Crippen molar-refractivity contribution in [3.8, 4) is 62.1 Å². The quantitative estimate of drug-likeness (QED) is 0.171. The predicted octanol–water partition coefficient (Wildman–Crippen LogP) is 13.7. The van der Waals surface area contributed by atoms with E-state index in [9.17, 15) is 0 Å². The fourth-order valence-electron chi connectivity index (χ4n) is 7.97. The Morgan fingerprint density at radius 1 is 0.321 bits per heavy atom. The Bertz CT molecular complexity index is 3180. The van der Waals surface area contributed by atoms with E-state index in [-0.39, 0.29) is 0 Å². The normalized spacial score (nSPS) is 11.6. The first-order valence-electron chi connectivity index (χ1n) is 18.8. The molecule has 0 saturated heterocycles. The maximum absolute atomic E-state index is 5.19. The van der Waals surface area contributed by atoms with E-state index >= 15 is 0 Å². The third kappa shape index (κ3) is 5.48. The topological polar surface area (TPSA) is 43.6 Å². The van der Waals surface area contributed by atoms with E-state index in [0.29, 0.717) is 17.5 Å². The van der Waals surface area contributed by atoms with Gasteiger partial charge in [-0.1, -0.05) is 164 Å². The minimum Gasteiger partial charge on any atom is -0.309 e. The summed E-state index contributed by atoms with van der Waals surface area (Å²) in [6.45, 7) is 0. The van der Waals surface area contributed by atoms with Gasteiger partial charge in [0.15, 0.2) is 17.5 Å². The zero-order valence-electron chi connectivity index (χ0n) is 30.2. The SMILES string of the molecule is c1ccc(-c2nc(-c3ccc(-c4ccc5c(c4)sc4ccccc45)cc3)nc(-c3ccc(-c4ccccc4)c(-n4c5ccccc5c5ccccc54)c3)n2)cc1. The van der Waals surface area contributed by atoms with Crippen LogP contribution in [0.5, 0.6) is 0 Å². The van der Waals surface area contributed by atoms with Crippen LogP contribution in [-0.4, -0.2) is 19.5 Å². The molecule has 3 heterocycles. The lowest BCUT2D eigenvalue weighted by atomic mass is 10.0. The van der Waals surface area contributed by atoms with Crippen molar-refractivity contribution in [1.82, 2.24) is 19.5 Å². The summed E-state index contributed by atoms with van der Waals surface area (Å²) in [5.41, 5.74) is 10.8. The van der Waals surface area contributed by atoms with Crippen molar-refractivity contribution < 1.29 is 0 Å². The molecule has 0 aliphatic rings. The Morgan fingerprint density at radius 2 is 0.804 bits per heavy atom. The fourth-order valence-corrected chi connectivity index (χ4v) is 9.11. The Hall–Kier alpha value is -7.21. The Kier molecular flexibility index (Phi) is 7.64. The fraction of sp³-hybridized carbons (Fsp3) is 0. The molecule has 0 N–H and O–H groups in total. The van der Waals surface area contributed by atoms with Crippen LogP contribution in [0.25, 0.3) is 104 Å². The van der Waals surface area contributed by atoms with Gasteiger partial charge in [0.25, 0.3) is 0 Å². The Morgan fingerprint density at radius 3 is 1.48 bits per heavy atom. The summed E-state index contributed by atoms with van der Waals surface area (Å²) in [6.07, 6.45) is 0. The molecule has 0 bridgehead atoms. The number of thiophene rings is 1. The van der Waals surface area contributed by atoms with Gasteiger partial charge in [-0.2, -0.15) is 0 Å². The van der Waals surface area contributed by atoms with Gasteiger partial charge in [0.1, 0.15) is 0 Å². The number of rotatable bonds is 6. The van der Waals surface area contributed by atoms with Crippen LogP contribution in [0.4, 0.5) is 0 Å². The van der Waals surface area contributed by atoms with Gasteiger partial charge in [0.05, 0.1) is 16.7 Å². The summed E-state index contributed by atoms with van der Waals surface area (Å²) in [5.74, 6) is 1.89.